The highest BCUT2D eigenvalue weighted by atomic mass is 35.5. The summed E-state index contributed by atoms with van der Waals surface area (Å²) in [5, 5.41) is 19.5. The standard InChI is InChI=1S/C22H28ClFN4/c1-12(2)18-9-16(24)7-8-17(18)21-20(22(23)28-27-21)10-19(13(3)25)14(4)26-11-15-5-6-15/h7-9,12,15,25-26H,5-6,10-11H2,1-4H3,(H,27,28)/b19-14-,25-13?. The average Bonchev–Trinajstić information content (AvgIpc) is 3.40. The number of aromatic amines is 1. The largest absolute Gasteiger partial charge is 0.388 e. The second-order valence-electron chi connectivity index (χ2n) is 7.98. The Balaban J connectivity index is 1.98. The molecule has 3 N–H and O–H groups in total. The molecule has 0 saturated heterocycles. The Morgan fingerprint density at radius 3 is 2.68 bits per heavy atom. The van der Waals surface area contributed by atoms with E-state index in [4.69, 9.17) is 17.0 Å². The Labute approximate surface area is 171 Å². The lowest BCUT2D eigenvalue weighted by molar-refractivity contribution is 0.623. The molecule has 1 aliphatic carbocycles. The van der Waals surface area contributed by atoms with Crippen LogP contribution < -0.4 is 5.32 Å². The SMILES string of the molecule is CC(=N)/C(Cc1c(-c2ccc(F)cc2C(C)C)n[nH]c1Cl)=C(/C)NCC1CC1. The van der Waals surface area contributed by atoms with E-state index in [0.717, 1.165) is 46.1 Å². The van der Waals surface area contributed by atoms with Crippen LogP contribution in [0, 0.1) is 17.1 Å². The van der Waals surface area contributed by atoms with Crippen LogP contribution in [0.5, 0.6) is 0 Å². The van der Waals surface area contributed by atoms with Crippen molar-refractivity contribution in [3.63, 3.8) is 0 Å². The second-order valence-corrected chi connectivity index (χ2v) is 8.36. The highest BCUT2D eigenvalue weighted by Gasteiger charge is 2.23. The Hall–Kier alpha value is -2.14. The van der Waals surface area contributed by atoms with E-state index >= 15 is 0 Å². The summed E-state index contributed by atoms with van der Waals surface area (Å²) < 4.78 is 13.8. The molecular weight excluding hydrogens is 375 g/mol. The lowest BCUT2D eigenvalue weighted by atomic mass is 9.91. The molecule has 0 unspecified atom stereocenters. The van der Waals surface area contributed by atoms with Gasteiger partial charge in [-0.05, 0) is 67.9 Å². The first-order chi connectivity index (χ1) is 13.3. The second kappa shape index (κ2) is 8.48. The van der Waals surface area contributed by atoms with Crippen LogP contribution in [0.4, 0.5) is 4.39 Å². The van der Waals surface area contributed by atoms with Crippen molar-refractivity contribution in [1.82, 2.24) is 15.5 Å². The molecule has 0 bridgehead atoms. The lowest BCUT2D eigenvalue weighted by Crippen LogP contribution is -2.19. The van der Waals surface area contributed by atoms with E-state index in [1.807, 2.05) is 20.8 Å². The van der Waals surface area contributed by atoms with E-state index < -0.39 is 0 Å². The number of rotatable bonds is 8. The van der Waals surface area contributed by atoms with Crippen molar-refractivity contribution in [3.8, 4) is 11.3 Å². The third kappa shape index (κ3) is 4.64. The van der Waals surface area contributed by atoms with Gasteiger partial charge >= 0.3 is 0 Å². The van der Waals surface area contributed by atoms with Gasteiger partial charge in [-0.1, -0.05) is 25.4 Å². The molecule has 28 heavy (non-hydrogen) atoms. The Morgan fingerprint density at radius 1 is 1.36 bits per heavy atom. The molecule has 2 aromatic rings. The van der Waals surface area contributed by atoms with E-state index in [0.29, 0.717) is 17.3 Å². The van der Waals surface area contributed by atoms with Gasteiger partial charge in [-0.2, -0.15) is 5.10 Å². The van der Waals surface area contributed by atoms with E-state index in [-0.39, 0.29) is 11.7 Å². The summed E-state index contributed by atoms with van der Waals surface area (Å²) in [6.45, 7) is 8.82. The minimum atomic E-state index is -0.258. The van der Waals surface area contributed by atoms with Crippen molar-refractivity contribution >= 4 is 17.3 Å². The van der Waals surface area contributed by atoms with Crippen LogP contribution in [-0.2, 0) is 6.42 Å². The van der Waals surface area contributed by atoms with Crippen molar-refractivity contribution in [2.24, 2.45) is 5.92 Å². The molecule has 0 spiro atoms. The lowest BCUT2D eigenvalue weighted by Gasteiger charge is -2.16. The van der Waals surface area contributed by atoms with Gasteiger partial charge in [0.15, 0.2) is 0 Å². The molecule has 1 aliphatic rings. The number of hydrogen-bond donors (Lipinski definition) is 3. The van der Waals surface area contributed by atoms with Crippen LogP contribution in [0.2, 0.25) is 5.15 Å². The fourth-order valence-corrected chi connectivity index (χ4v) is 3.60. The van der Waals surface area contributed by atoms with Crippen LogP contribution in [0.1, 0.15) is 57.6 Å². The van der Waals surface area contributed by atoms with Crippen molar-refractivity contribution in [2.45, 2.75) is 52.9 Å². The number of allylic oxidation sites excluding steroid dienone is 2. The van der Waals surface area contributed by atoms with Gasteiger partial charge in [0, 0.05) is 35.5 Å². The van der Waals surface area contributed by atoms with Gasteiger partial charge in [-0.25, -0.2) is 4.39 Å². The summed E-state index contributed by atoms with van der Waals surface area (Å²) in [4.78, 5) is 0. The van der Waals surface area contributed by atoms with Crippen molar-refractivity contribution < 1.29 is 4.39 Å². The molecule has 6 heteroatoms. The van der Waals surface area contributed by atoms with Crippen LogP contribution in [0.25, 0.3) is 11.3 Å². The number of H-pyrrole nitrogens is 1. The number of hydrogen-bond acceptors (Lipinski definition) is 3. The first kappa shape index (κ1) is 20.6. The normalized spacial score (nSPS) is 15.0. The summed E-state index contributed by atoms with van der Waals surface area (Å²) in [7, 11) is 0. The predicted octanol–water partition coefficient (Wildman–Crippen LogP) is 5.85. The maximum Gasteiger partial charge on any atom is 0.128 e. The molecule has 3 rings (SSSR count). The van der Waals surface area contributed by atoms with E-state index in [1.54, 1.807) is 19.1 Å². The van der Waals surface area contributed by atoms with Crippen LogP contribution in [-0.4, -0.2) is 22.5 Å². The van der Waals surface area contributed by atoms with Crippen molar-refractivity contribution in [3.05, 3.63) is 51.6 Å². The fourth-order valence-electron chi connectivity index (χ4n) is 3.40. The topological polar surface area (TPSA) is 64.6 Å². The maximum atomic E-state index is 13.8. The molecular formula is C22H28ClFN4. The summed E-state index contributed by atoms with van der Waals surface area (Å²) in [5.41, 5.74) is 5.76. The van der Waals surface area contributed by atoms with Gasteiger partial charge in [0.2, 0.25) is 0 Å². The Morgan fingerprint density at radius 2 is 2.07 bits per heavy atom. The van der Waals surface area contributed by atoms with Gasteiger partial charge in [0.05, 0.1) is 5.69 Å². The summed E-state index contributed by atoms with van der Waals surface area (Å²) in [5.74, 6) is 0.644. The number of halogens is 2. The molecule has 4 nitrogen and oxygen atoms in total. The molecule has 1 aromatic heterocycles. The quantitative estimate of drug-likeness (QED) is 0.485. The van der Waals surface area contributed by atoms with Gasteiger partial charge in [0.1, 0.15) is 11.0 Å². The molecule has 0 atom stereocenters. The summed E-state index contributed by atoms with van der Waals surface area (Å²) in [6, 6.07) is 4.78. The Kier molecular flexibility index (Phi) is 6.23. The highest BCUT2D eigenvalue weighted by molar-refractivity contribution is 6.30. The number of nitrogens with zero attached hydrogens (tertiary/aromatic N) is 1. The van der Waals surface area contributed by atoms with E-state index in [1.165, 1.54) is 18.9 Å². The monoisotopic (exact) mass is 402 g/mol. The number of nitrogens with one attached hydrogen (secondary N) is 3. The van der Waals surface area contributed by atoms with Crippen LogP contribution in [0.3, 0.4) is 0 Å². The minimum Gasteiger partial charge on any atom is -0.388 e. The third-order valence-corrected chi connectivity index (χ3v) is 5.63. The van der Waals surface area contributed by atoms with Crippen LogP contribution >= 0.6 is 11.6 Å². The molecule has 0 radical (unpaired) electrons. The van der Waals surface area contributed by atoms with Gasteiger partial charge in [0.25, 0.3) is 0 Å². The van der Waals surface area contributed by atoms with Gasteiger partial charge in [-0.15, -0.1) is 0 Å². The molecule has 1 fully saturated rings. The zero-order chi connectivity index (χ0) is 20.4. The molecule has 0 aliphatic heterocycles. The predicted molar refractivity (Wildman–Crippen MR) is 114 cm³/mol. The average molecular weight is 403 g/mol. The zero-order valence-corrected chi connectivity index (χ0v) is 17.7. The number of benzene rings is 1. The summed E-state index contributed by atoms with van der Waals surface area (Å²) >= 11 is 6.44. The highest BCUT2D eigenvalue weighted by Crippen LogP contribution is 2.35. The molecule has 150 valence electrons. The first-order valence-electron chi connectivity index (χ1n) is 9.79. The smallest absolute Gasteiger partial charge is 0.128 e. The third-order valence-electron chi connectivity index (χ3n) is 5.32. The molecule has 1 saturated carbocycles. The molecule has 0 amide bonds. The minimum absolute atomic E-state index is 0.149. The summed E-state index contributed by atoms with van der Waals surface area (Å²) in [6.07, 6.45) is 3.05. The van der Waals surface area contributed by atoms with Crippen molar-refractivity contribution in [1.29, 1.82) is 5.41 Å². The Bertz CT molecular complexity index is 909. The molecule has 1 heterocycles. The van der Waals surface area contributed by atoms with Gasteiger partial charge < -0.3 is 10.7 Å². The van der Waals surface area contributed by atoms with E-state index in [9.17, 15) is 4.39 Å². The number of aromatic nitrogens is 2. The maximum absolute atomic E-state index is 13.8. The van der Waals surface area contributed by atoms with Crippen molar-refractivity contribution in [2.75, 3.05) is 6.54 Å². The van der Waals surface area contributed by atoms with E-state index in [2.05, 4.69) is 15.5 Å². The zero-order valence-electron chi connectivity index (χ0n) is 16.9. The molecule has 1 aromatic carbocycles. The van der Waals surface area contributed by atoms with Crippen LogP contribution in [0.15, 0.2) is 29.5 Å². The first-order valence-corrected chi connectivity index (χ1v) is 10.2. The fraction of sp³-hybridized carbons (Fsp3) is 0.455. The van der Waals surface area contributed by atoms with Gasteiger partial charge in [-0.3, -0.25) is 5.10 Å².